The van der Waals surface area contributed by atoms with Gasteiger partial charge in [-0.1, -0.05) is 13.3 Å². The maximum atomic E-state index is 9.54. The first-order valence-electron chi connectivity index (χ1n) is 6.46. The number of rotatable bonds is 2. The van der Waals surface area contributed by atoms with Crippen LogP contribution in [0.5, 0.6) is 0 Å². The minimum absolute atomic E-state index is 0.461. The van der Waals surface area contributed by atoms with Crippen molar-refractivity contribution in [2.45, 2.75) is 39.0 Å². The van der Waals surface area contributed by atoms with Crippen LogP contribution >= 0.6 is 0 Å². The molecule has 0 radical (unpaired) electrons. The molecule has 1 N–H and O–H groups in total. The van der Waals surface area contributed by atoms with Crippen molar-refractivity contribution in [3.8, 4) is 0 Å². The van der Waals surface area contributed by atoms with Gasteiger partial charge in [-0.3, -0.25) is 0 Å². The van der Waals surface area contributed by atoms with Gasteiger partial charge < -0.3 is 5.11 Å². The second-order valence-electron chi connectivity index (χ2n) is 5.82. The summed E-state index contributed by atoms with van der Waals surface area (Å²) in [4.78, 5) is 0. The normalized spacial score (nSPS) is 55.3. The third-order valence-corrected chi connectivity index (χ3v) is 5.57. The highest BCUT2D eigenvalue weighted by atomic mass is 16.3. The Bertz CT molecular complexity index is 225. The number of hydrogen-bond acceptors (Lipinski definition) is 1. The molecule has 14 heavy (non-hydrogen) atoms. The van der Waals surface area contributed by atoms with Crippen LogP contribution in [0.2, 0.25) is 0 Å². The number of aliphatic hydroxyl groups is 1. The lowest BCUT2D eigenvalue weighted by molar-refractivity contribution is 0.121. The first-order chi connectivity index (χ1) is 6.85. The summed E-state index contributed by atoms with van der Waals surface area (Å²) < 4.78 is 0. The van der Waals surface area contributed by atoms with Crippen LogP contribution in [0.4, 0.5) is 0 Å². The Morgan fingerprint density at radius 2 is 1.93 bits per heavy atom. The molecular formula is C13H22O. The fourth-order valence-electron chi connectivity index (χ4n) is 5.05. The van der Waals surface area contributed by atoms with Gasteiger partial charge in [0.1, 0.15) is 0 Å². The summed E-state index contributed by atoms with van der Waals surface area (Å²) in [6.07, 6.45) is 7.20. The van der Waals surface area contributed by atoms with Crippen LogP contribution < -0.4 is 0 Å². The Morgan fingerprint density at radius 3 is 2.64 bits per heavy atom. The molecule has 0 amide bonds. The van der Waals surface area contributed by atoms with E-state index in [0.29, 0.717) is 12.5 Å². The van der Waals surface area contributed by atoms with Crippen molar-refractivity contribution in [2.24, 2.45) is 35.5 Å². The highest BCUT2D eigenvalue weighted by Gasteiger charge is 2.55. The zero-order valence-corrected chi connectivity index (χ0v) is 9.15. The van der Waals surface area contributed by atoms with Crippen molar-refractivity contribution in [1.82, 2.24) is 0 Å². The van der Waals surface area contributed by atoms with Gasteiger partial charge in [0, 0.05) is 6.61 Å². The van der Waals surface area contributed by atoms with Gasteiger partial charge in [0.2, 0.25) is 0 Å². The molecule has 0 aromatic carbocycles. The van der Waals surface area contributed by atoms with E-state index in [0.717, 1.165) is 29.6 Å². The van der Waals surface area contributed by atoms with Crippen molar-refractivity contribution in [1.29, 1.82) is 0 Å². The first-order valence-corrected chi connectivity index (χ1v) is 6.46. The summed E-state index contributed by atoms with van der Waals surface area (Å²) in [6.45, 7) is 2.76. The molecule has 0 heterocycles. The number of aliphatic hydroxyl groups excluding tert-OH is 1. The lowest BCUT2D eigenvalue weighted by Crippen LogP contribution is -2.25. The average Bonchev–Trinajstić information content (AvgIpc) is 2.87. The fraction of sp³-hybridized carbons (Fsp3) is 1.00. The molecule has 6 unspecified atom stereocenters. The molecule has 6 atom stereocenters. The molecule has 3 rings (SSSR count). The summed E-state index contributed by atoms with van der Waals surface area (Å²) in [5.41, 5.74) is 0. The second kappa shape index (κ2) is 3.23. The van der Waals surface area contributed by atoms with E-state index in [-0.39, 0.29) is 0 Å². The molecule has 0 aliphatic heterocycles. The molecule has 3 saturated carbocycles. The molecule has 3 fully saturated rings. The average molecular weight is 194 g/mol. The highest BCUT2D eigenvalue weighted by molar-refractivity contribution is 5.04. The summed E-state index contributed by atoms with van der Waals surface area (Å²) in [5.74, 6) is 5.49. The topological polar surface area (TPSA) is 20.2 Å². The molecule has 0 aromatic rings. The van der Waals surface area contributed by atoms with E-state index < -0.39 is 0 Å². The Balaban J connectivity index is 1.84. The second-order valence-corrected chi connectivity index (χ2v) is 5.82. The predicted molar refractivity (Wildman–Crippen MR) is 56.8 cm³/mol. The number of fused-ring (bicyclic) bond motifs is 5. The van der Waals surface area contributed by atoms with Crippen LogP contribution in [0.25, 0.3) is 0 Å². The third kappa shape index (κ3) is 1.05. The molecule has 1 heteroatoms. The van der Waals surface area contributed by atoms with Crippen LogP contribution in [0.3, 0.4) is 0 Å². The van der Waals surface area contributed by atoms with Gasteiger partial charge in [-0.05, 0) is 61.2 Å². The molecular weight excluding hydrogens is 172 g/mol. The monoisotopic (exact) mass is 194 g/mol. The van der Waals surface area contributed by atoms with Crippen LogP contribution in [-0.2, 0) is 0 Å². The lowest BCUT2D eigenvalue weighted by atomic mass is 9.77. The van der Waals surface area contributed by atoms with Gasteiger partial charge in [0.25, 0.3) is 0 Å². The third-order valence-electron chi connectivity index (χ3n) is 5.57. The zero-order valence-electron chi connectivity index (χ0n) is 9.15. The molecule has 1 nitrogen and oxygen atoms in total. The molecule has 0 saturated heterocycles. The van der Waals surface area contributed by atoms with Gasteiger partial charge in [0.05, 0.1) is 0 Å². The van der Waals surface area contributed by atoms with E-state index in [2.05, 4.69) is 6.92 Å². The minimum atomic E-state index is 0.461. The Labute approximate surface area is 86.9 Å². The van der Waals surface area contributed by atoms with Gasteiger partial charge in [-0.2, -0.15) is 0 Å². The van der Waals surface area contributed by atoms with E-state index >= 15 is 0 Å². The standard InChI is InChI=1S/C13H22O/c1-2-8-6-11-9-3-4-10(5-9)13(11)12(8)7-14/h8-14H,2-7H2,1H3. The van der Waals surface area contributed by atoms with Gasteiger partial charge >= 0.3 is 0 Å². The molecule has 0 aromatic heterocycles. The number of hydrogen-bond donors (Lipinski definition) is 1. The van der Waals surface area contributed by atoms with Gasteiger partial charge in [-0.15, -0.1) is 0 Å². The van der Waals surface area contributed by atoms with Crippen LogP contribution in [0, 0.1) is 35.5 Å². The summed E-state index contributed by atoms with van der Waals surface area (Å²) >= 11 is 0. The summed E-state index contributed by atoms with van der Waals surface area (Å²) in [6, 6.07) is 0. The van der Waals surface area contributed by atoms with Crippen molar-refractivity contribution in [3.05, 3.63) is 0 Å². The van der Waals surface area contributed by atoms with E-state index in [9.17, 15) is 5.11 Å². The van der Waals surface area contributed by atoms with Crippen LogP contribution in [0.15, 0.2) is 0 Å². The highest BCUT2D eigenvalue weighted by Crippen LogP contribution is 2.62. The van der Waals surface area contributed by atoms with Crippen molar-refractivity contribution >= 4 is 0 Å². The zero-order chi connectivity index (χ0) is 9.71. The maximum absolute atomic E-state index is 9.54. The van der Waals surface area contributed by atoms with Crippen molar-refractivity contribution < 1.29 is 5.11 Å². The van der Waals surface area contributed by atoms with Gasteiger partial charge in [0.15, 0.2) is 0 Å². The van der Waals surface area contributed by atoms with E-state index in [1.807, 2.05) is 0 Å². The predicted octanol–water partition coefficient (Wildman–Crippen LogP) is 2.69. The van der Waals surface area contributed by atoms with E-state index in [4.69, 9.17) is 0 Å². The SMILES string of the molecule is CCC1CC2C3CCC(C3)C2C1CO. The van der Waals surface area contributed by atoms with E-state index in [1.165, 1.54) is 32.1 Å². The molecule has 0 spiro atoms. The summed E-state index contributed by atoms with van der Waals surface area (Å²) in [5, 5.41) is 9.54. The first kappa shape index (κ1) is 9.21. The quantitative estimate of drug-likeness (QED) is 0.716. The maximum Gasteiger partial charge on any atom is 0.0464 e. The fourth-order valence-corrected chi connectivity index (χ4v) is 5.05. The smallest absolute Gasteiger partial charge is 0.0464 e. The summed E-state index contributed by atoms with van der Waals surface area (Å²) in [7, 11) is 0. The van der Waals surface area contributed by atoms with Gasteiger partial charge in [-0.25, -0.2) is 0 Å². The Hall–Kier alpha value is -0.0400. The Morgan fingerprint density at radius 1 is 1.14 bits per heavy atom. The molecule has 3 aliphatic rings. The lowest BCUT2D eigenvalue weighted by Gasteiger charge is -2.28. The minimum Gasteiger partial charge on any atom is -0.396 e. The van der Waals surface area contributed by atoms with E-state index in [1.54, 1.807) is 0 Å². The molecule has 80 valence electrons. The largest absolute Gasteiger partial charge is 0.396 e. The Kier molecular flexibility index (Phi) is 2.12. The van der Waals surface area contributed by atoms with Crippen molar-refractivity contribution in [2.75, 3.05) is 6.61 Å². The van der Waals surface area contributed by atoms with Crippen LogP contribution in [0.1, 0.15) is 39.0 Å². The molecule has 3 aliphatic carbocycles. The van der Waals surface area contributed by atoms with Crippen LogP contribution in [-0.4, -0.2) is 11.7 Å². The van der Waals surface area contributed by atoms with Crippen molar-refractivity contribution in [3.63, 3.8) is 0 Å². The molecule has 2 bridgehead atoms.